The Hall–Kier alpha value is -2.81. The van der Waals surface area contributed by atoms with Crippen LogP contribution in [0.3, 0.4) is 0 Å². The van der Waals surface area contributed by atoms with Gasteiger partial charge in [-0.05, 0) is 18.2 Å². The predicted molar refractivity (Wildman–Crippen MR) is 91.5 cm³/mol. The zero-order chi connectivity index (χ0) is 17.8. The van der Waals surface area contributed by atoms with Crippen molar-refractivity contribution in [1.82, 2.24) is 19.8 Å². The lowest BCUT2D eigenvalue weighted by Crippen LogP contribution is -2.28. The third-order valence-corrected chi connectivity index (χ3v) is 4.45. The van der Waals surface area contributed by atoms with Crippen molar-refractivity contribution in [3.05, 3.63) is 54.0 Å². The lowest BCUT2D eigenvalue weighted by atomic mass is 10.2. The summed E-state index contributed by atoms with van der Waals surface area (Å²) in [5.41, 5.74) is 0.463. The number of nitrogens with two attached hydrogens (primary N) is 1. The molecule has 0 radical (unpaired) electrons. The molecule has 0 saturated carbocycles. The maximum absolute atomic E-state index is 13.7. The molecule has 0 spiro atoms. The van der Waals surface area contributed by atoms with E-state index in [9.17, 15) is 9.18 Å². The van der Waals surface area contributed by atoms with E-state index in [1.165, 1.54) is 21.9 Å². The van der Waals surface area contributed by atoms with Crippen molar-refractivity contribution in [2.75, 3.05) is 18.6 Å². The van der Waals surface area contributed by atoms with E-state index in [0.717, 1.165) is 11.8 Å². The summed E-state index contributed by atoms with van der Waals surface area (Å²) in [5, 5.41) is 8.31. The Labute approximate surface area is 147 Å². The molecule has 0 fully saturated rings. The molecule has 7 nitrogen and oxygen atoms in total. The summed E-state index contributed by atoms with van der Waals surface area (Å²) in [7, 11) is 1.62. The minimum Gasteiger partial charge on any atom is -0.461 e. The first-order chi connectivity index (χ1) is 12.1. The van der Waals surface area contributed by atoms with Crippen LogP contribution in [-0.4, -0.2) is 38.5 Å². The number of benzene rings is 1. The first-order valence-electron chi connectivity index (χ1n) is 7.41. The van der Waals surface area contributed by atoms with Crippen molar-refractivity contribution >= 4 is 17.7 Å². The van der Waals surface area contributed by atoms with Gasteiger partial charge in [-0.25, -0.2) is 9.07 Å². The fourth-order valence-corrected chi connectivity index (χ4v) is 2.95. The average molecular weight is 361 g/mol. The quantitative estimate of drug-likeness (QED) is 0.534. The molecule has 0 bridgehead atoms. The Balaban J connectivity index is 1.60. The number of hydrogen-bond acceptors (Lipinski definition) is 6. The molecule has 0 unspecified atom stereocenters. The highest BCUT2D eigenvalue weighted by atomic mass is 32.2. The number of nitrogen functional groups attached to an aromatic ring is 1. The molecular weight excluding hydrogens is 345 g/mol. The Kier molecular flexibility index (Phi) is 5.03. The number of thioether (sulfide) groups is 1. The molecule has 9 heteroatoms. The summed E-state index contributed by atoms with van der Waals surface area (Å²) in [4.78, 5) is 13.7. The summed E-state index contributed by atoms with van der Waals surface area (Å²) >= 11 is 1.15. The first-order valence-corrected chi connectivity index (χ1v) is 8.39. The van der Waals surface area contributed by atoms with Crippen LogP contribution < -0.4 is 5.84 Å². The molecule has 3 aromatic rings. The zero-order valence-electron chi connectivity index (χ0n) is 13.4. The highest BCUT2D eigenvalue weighted by Gasteiger charge is 2.17. The van der Waals surface area contributed by atoms with E-state index in [1.807, 2.05) is 0 Å². The van der Waals surface area contributed by atoms with Gasteiger partial charge in [0.1, 0.15) is 5.82 Å². The molecule has 25 heavy (non-hydrogen) atoms. The lowest BCUT2D eigenvalue weighted by molar-refractivity contribution is -0.127. The van der Waals surface area contributed by atoms with Crippen LogP contribution in [0.5, 0.6) is 0 Å². The third-order valence-electron chi connectivity index (χ3n) is 3.52. The molecular formula is C16H16FN5O2S. The molecule has 3 rings (SSSR count). The van der Waals surface area contributed by atoms with Crippen LogP contribution in [0.2, 0.25) is 0 Å². The minimum absolute atomic E-state index is 0.110. The number of carbonyl (C=O) groups is 1. The highest BCUT2D eigenvalue weighted by Crippen LogP contribution is 2.22. The second-order valence-corrected chi connectivity index (χ2v) is 6.23. The highest BCUT2D eigenvalue weighted by molar-refractivity contribution is 7.99. The van der Waals surface area contributed by atoms with Gasteiger partial charge in [0.05, 0.1) is 12.0 Å². The Morgan fingerprint density at radius 1 is 1.32 bits per heavy atom. The van der Waals surface area contributed by atoms with Crippen LogP contribution in [-0.2, 0) is 11.3 Å². The molecule has 0 aliphatic carbocycles. The number of furan rings is 1. The van der Waals surface area contributed by atoms with Gasteiger partial charge >= 0.3 is 0 Å². The van der Waals surface area contributed by atoms with Crippen LogP contribution in [0.25, 0.3) is 11.6 Å². The Morgan fingerprint density at radius 3 is 2.84 bits per heavy atom. The van der Waals surface area contributed by atoms with Crippen LogP contribution in [0.4, 0.5) is 4.39 Å². The fourth-order valence-electron chi connectivity index (χ4n) is 2.16. The number of halogens is 1. The summed E-state index contributed by atoms with van der Waals surface area (Å²) in [6.07, 6.45) is 1.51. The van der Waals surface area contributed by atoms with Gasteiger partial charge in [-0.1, -0.05) is 30.0 Å². The maximum atomic E-state index is 13.7. The van der Waals surface area contributed by atoms with E-state index in [4.69, 9.17) is 10.3 Å². The van der Waals surface area contributed by atoms with Gasteiger partial charge < -0.3 is 15.2 Å². The van der Waals surface area contributed by atoms with Crippen LogP contribution in [0.1, 0.15) is 5.56 Å². The van der Waals surface area contributed by atoms with Crippen LogP contribution in [0, 0.1) is 5.82 Å². The van der Waals surface area contributed by atoms with Gasteiger partial charge in [0, 0.05) is 19.2 Å². The van der Waals surface area contributed by atoms with Crippen molar-refractivity contribution in [2.45, 2.75) is 11.7 Å². The molecule has 1 aromatic carbocycles. The van der Waals surface area contributed by atoms with Gasteiger partial charge in [0.25, 0.3) is 0 Å². The molecule has 0 atom stereocenters. The van der Waals surface area contributed by atoms with Crippen molar-refractivity contribution in [2.24, 2.45) is 0 Å². The summed E-state index contributed by atoms with van der Waals surface area (Å²) in [6.45, 7) is 0.193. The van der Waals surface area contributed by atoms with E-state index in [1.54, 1.807) is 37.4 Å². The third kappa shape index (κ3) is 3.82. The van der Waals surface area contributed by atoms with Gasteiger partial charge in [-0.3, -0.25) is 4.79 Å². The standard InChI is InChI=1S/C16H16FN5O2S/c1-21(9-11-5-2-3-6-12(11)17)14(23)10-25-16-20-19-15(22(16)18)13-7-4-8-24-13/h2-8H,9-10,18H2,1H3. The molecule has 2 aromatic heterocycles. The Bertz CT molecular complexity index is 865. The van der Waals surface area contributed by atoms with Crippen molar-refractivity contribution in [3.63, 3.8) is 0 Å². The van der Waals surface area contributed by atoms with E-state index in [2.05, 4.69) is 10.2 Å². The summed E-state index contributed by atoms with van der Waals surface area (Å²) in [5.74, 6) is 6.41. The number of rotatable bonds is 6. The van der Waals surface area contributed by atoms with E-state index in [-0.39, 0.29) is 24.0 Å². The maximum Gasteiger partial charge on any atom is 0.233 e. The van der Waals surface area contributed by atoms with E-state index < -0.39 is 0 Å². The van der Waals surface area contributed by atoms with Gasteiger partial charge in [-0.2, -0.15) is 0 Å². The molecule has 0 saturated heterocycles. The largest absolute Gasteiger partial charge is 0.461 e. The van der Waals surface area contributed by atoms with Gasteiger partial charge in [0.2, 0.25) is 16.9 Å². The predicted octanol–water partition coefficient (Wildman–Crippen LogP) is 2.14. The average Bonchev–Trinajstić information content (AvgIpc) is 3.24. The topological polar surface area (TPSA) is 90.2 Å². The second-order valence-electron chi connectivity index (χ2n) is 5.28. The second kappa shape index (κ2) is 7.39. The summed E-state index contributed by atoms with van der Waals surface area (Å²) in [6, 6.07) is 9.81. The molecule has 2 heterocycles. The zero-order valence-corrected chi connectivity index (χ0v) is 14.2. The fraction of sp³-hybridized carbons (Fsp3) is 0.188. The van der Waals surface area contributed by atoms with Crippen molar-refractivity contribution in [3.8, 4) is 11.6 Å². The minimum atomic E-state index is -0.334. The van der Waals surface area contributed by atoms with Gasteiger partial charge in [0.15, 0.2) is 5.76 Å². The molecule has 2 N–H and O–H groups in total. The molecule has 0 aliphatic rings. The lowest BCUT2D eigenvalue weighted by Gasteiger charge is -2.17. The summed E-state index contributed by atoms with van der Waals surface area (Å²) < 4.78 is 20.2. The number of hydrogen-bond donors (Lipinski definition) is 1. The normalized spacial score (nSPS) is 10.8. The number of aromatic nitrogens is 3. The number of amides is 1. The smallest absolute Gasteiger partial charge is 0.233 e. The van der Waals surface area contributed by atoms with Crippen LogP contribution >= 0.6 is 11.8 Å². The van der Waals surface area contributed by atoms with Crippen molar-refractivity contribution in [1.29, 1.82) is 0 Å². The SMILES string of the molecule is CN(Cc1ccccc1F)C(=O)CSc1nnc(-c2ccco2)n1N. The molecule has 0 aliphatic heterocycles. The first kappa shape index (κ1) is 17.0. The Morgan fingerprint density at radius 2 is 2.12 bits per heavy atom. The molecule has 130 valence electrons. The van der Waals surface area contributed by atoms with Crippen molar-refractivity contribution < 1.29 is 13.6 Å². The number of nitrogens with zero attached hydrogens (tertiary/aromatic N) is 4. The number of carbonyl (C=O) groups excluding carboxylic acids is 1. The van der Waals surface area contributed by atoms with E-state index in [0.29, 0.717) is 22.3 Å². The molecule has 1 amide bonds. The van der Waals surface area contributed by atoms with E-state index >= 15 is 0 Å². The van der Waals surface area contributed by atoms with Crippen LogP contribution in [0.15, 0.2) is 52.2 Å². The monoisotopic (exact) mass is 361 g/mol. The van der Waals surface area contributed by atoms with Gasteiger partial charge in [-0.15, -0.1) is 10.2 Å².